The summed E-state index contributed by atoms with van der Waals surface area (Å²) in [6, 6.07) is 4.92. The number of fused-ring (bicyclic) bond motifs is 1. The van der Waals surface area contributed by atoms with Gasteiger partial charge >= 0.3 is 119 Å². The van der Waals surface area contributed by atoms with E-state index in [0.29, 0.717) is 24.0 Å². The van der Waals surface area contributed by atoms with Crippen LogP contribution in [0.4, 0.5) is 0 Å². The Morgan fingerprint density at radius 1 is 1.00 bits per heavy atom. The maximum atomic E-state index is 3.22. The molecule has 0 fully saturated rings. The molecule has 1 aromatic rings. The average Bonchev–Trinajstić information content (AvgIpc) is 2.24. The van der Waals surface area contributed by atoms with Crippen LogP contribution in [0.1, 0.15) is 57.2 Å². The van der Waals surface area contributed by atoms with E-state index in [1.165, 1.54) is 22.9 Å². The van der Waals surface area contributed by atoms with Crippen molar-refractivity contribution in [3.63, 3.8) is 0 Å². The van der Waals surface area contributed by atoms with E-state index in [0.717, 1.165) is 0 Å². The van der Waals surface area contributed by atoms with Crippen molar-refractivity contribution < 1.29 is 0 Å². The molecule has 0 heterocycles. The summed E-state index contributed by atoms with van der Waals surface area (Å²) in [5.74, 6) is 0. The molecule has 2 rings (SSSR count). The van der Waals surface area contributed by atoms with Crippen LogP contribution in [0.2, 0.25) is 0 Å². The van der Waals surface area contributed by atoms with Gasteiger partial charge in [-0.1, -0.05) is 0 Å². The van der Waals surface area contributed by atoms with E-state index in [-0.39, 0.29) is 0 Å². The van der Waals surface area contributed by atoms with E-state index < -0.39 is 0 Å². The molecule has 0 saturated heterocycles. The molecule has 2 heteroatoms. The summed E-state index contributed by atoms with van der Waals surface area (Å²) in [6.07, 6.45) is 2.60. The Balaban J connectivity index is 2.68. The van der Waals surface area contributed by atoms with Gasteiger partial charge in [-0.15, -0.1) is 0 Å². The molecule has 0 nitrogen and oxygen atoms in total. The van der Waals surface area contributed by atoms with Crippen LogP contribution in [0.25, 0.3) is 0 Å². The standard InChI is InChI=1S/C15H21Se2/c1-10-8-11-12(9-13(10)17-16)15(4,5)7-6-14(11,2)3/h8-9H,6-7H2,1-5H3. The van der Waals surface area contributed by atoms with Crippen molar-refractivity contribution in [1.29, 1.82) is 0 Å². The molecule has 0 spiro atoms. The molecule has 17 heavy (non-hydrogen) atoms. The zero-order valence-electron chi connectivity index (χ0n) is 11.4. The third-order valence-corrected chi connectivity index (χ3v) is 7.50. The van der Waals surface area contributed by atoms with Gasteiger partial charge < -0.3 is 0 Å². The fraction of sp³-hybridized carbons (Fsp3) is 0.600. The second-order valence-corrected chi connectivity index (χ2v) is 9.60. The summed E-state index contributed by atoms with van der Waals surface area (Å²) in [5, 5.41) is 0. The first-order chi connectivity index (χ1) is 7.78. The SMILES string of the molecule is Cc1cc2c(cc1[Se][Se])C(C)(C)CCC2(C)C. The molecule has 1 aliphatic rings. The summed E-state index contributed by atoms with van der Waals surface area (Å²) in [7, 11) is 0. The van der Waals surface area contributed by atoms with E-state index >= 15 is 0 Å². The third kappa shape index (κ3) is 2.38. The number of rotatable bonds is 1. The van der Waals surface area contributed by atoms with Crippen LogP contribution in [0.5, 0.6) is 0 Å². The van der Waals surface area contributed by atoms with Crippen LogP contribution in [0.15, 0.2) is 12.1 Å². The topological polar surface area (TPSA) is 0 Å². The normalized spacial score (nSPS) is 21.1. The predicted octanol–water partition coefficient (Wildman–Crippen LogP) is 2.76. The Hall–Kier alpha value is 0.259. The molecular weight excluding hydrogens is 338 g/mol. The molecule has 0 unspecified atom stereocenters. The monoisotopic (exact) mass is 361 g/mol. The molecule has 1 radical (unpaired) electrons. The fourth-order valence-corrected chi connectivity index (χ4v) is 5.50. The molecule has 93 valence electrons. The molecule has 0 bridgehead atoms. The minimum atomic E-state index is 0.346. The Kier molecular flexibility index (Phi) is 3.56. The van der Waals surface area contributed by atoms with Crippen LogP contribution in [0.3, 0.4) is 0 Å². The minimum absolute atomic E-state index is 0.346. The van der Waals surface area contributed by atoms with Crippen LogP contribution in [-0.2, 0) is 10.8 Å². The maximum absolute atomic E-state index is 3.22. The van der Waals surface area contributed by atoms with Gasteiger partial charge in [-0.3, -0.25) is 0 Å². The first-order valence-corrected chi connectivity index (χ1v) is 11.4. The van der Waals surface area contributed by atoms with Gasteiger partial charge in [-0.25, -0.2) is 0 Å². The van der Waals surface area contributed by atoms with Crippen molar-refractivity contribution in [1.82, 2.24) is 0 Å². The van der Waals surface area contributed by atoms with E-state index in [4.69, 9.17) is 0 Å². The third-order valence-electron chi connectivity index (χ3n) is 4.24. The van der Waals surface area contributed by atoms with Gasteiger partial charge in [0, 0.05) is 0 Å². The van der Waals surface area contributed by atoms with E-state index in [9.17, 15) is 0 Å². The first kappa shape index (κ1) is 13.7. The molecule has 0 aliphatic heterocycles. The number of benzene rings is 1. The molecular formula is C15H21Se2. The van der Waals surface area contributed by atoms with E-state index in [2.05, 4.69) is 60.9 Å². The Bertz CT molecular complexity index is 444. The molecule has 1 aromatic carbocycles. The van der Waals surface area contributed by atoms with Gasteiger partial charge in [0.2, 0.25) is 0 Å². The van der Waals surface area contributed by atoms with Crippen molar-refractivity contribution in [2.24, 2.45) is 0 Å². The molecule has 1 aliphatic carbocycles. The van der Waals surface area contributed by atoms with Crippen LogP contribution in [0, 0.1) is 6.92 Å². The molecule has 0 N–H and O–H groups in total. The zero-order chi connectivity index (χ0) is 12.8. The first-order valence-electron chi connectivity index (χ1n) is 6.23. The predicted molar refractivity (Wildman–Crippen MR) is 77.6 cm³/mol. The Labute approximate surface area is 118 Å². The fourth-order valence-electron chi connectivity index (χ4n) is 2.79. The van der Waals surface area contributed by atoms with Crippen molar-refractivity contribution in [3.05, 3.63) is 28.8 Å². The Morgan fingerprint density at radius 3 is 1.94 bits per heavy atom. The summed E-state index contributed by atoms with van der Waals surface area (Å²) in [5.41, 5.74) is 5.33. The summed E-state index contributed by atoms with van der Waals surface area (Å²) in [6.45, 7) is 11.8. The van der Waals surface area contributed by atoms with E-state index in [1.807, 2.05) is 0 Å². The molecule has 0 aromatic heterocycles. The number of hydrogen-bond donors (Lipinski definition) is 0. The second kappa shape index (κ2) is 4.42. The quantitative estimate of drug-likeness (QED) is 0.677. The number of hydrogen-bond acceptors (Lipinski definition) is 0. The van der Waals surface area contributed by atoms with Gasteiger partial charge in [0.05, 0.1) is 0 Å². The zero-order valence-corrected chi connectivity index (χ0v) is 14.8. The summed E-state index contributed by atoms with van der Waals surface area (Å²) >= 11 is 3.70. The summed E-state index contributed by atoms with van der Waals surface area (Å²) in [4.78, 5) is 0. The van der Waals surface area contributed by atoms with E-state index in [1.54, 1.807) is 11.1 Å². The van der Waals surface area contributed by atoms with Crippen LogP contribution < -0.4 is 4.46 Å². The van der Waals surface area contributed by atoms with Gasteiger partial charge in [-0.2, -0.15) is 0 Å². The Morgan fingerprint density at radius 2 is 1.47 bits per heavy atom. The van der Waals surface area contributed by atoms with Crippen LogP contribution >= 0.6 is 0 Å². The average molecular weight is 359 g/mol. The van der Waals surface area contributed by atoms with Crippen molar-refractivity contribution in [2.45, 2.75) is 58.3 Å². The van der Waals surface area contributed by atoms with Crippen molar-refractivity contribution >= 4 is 31.8 Å². The van der Waals surface area contributed by atoms with Gasteiger partial charge in [0.25, 0.3) is 0 Å². The van der Waals surface area contributed by atoms with Crippen molar-refractivity contribution in [3.8, 4) is 0 Å². The van der Waals surface area contributed by atoms with Gasteiger partial charge in [0.1, 0.15) is 0 Å². The molecule has 0 amide bonds. The van der Waals surface area contributed by atoms with Gasteiger partial charge in [0.15, 0.2) is 0 Å². The molecule has 0 saturated carbocycles. The number of aryl methyl sites for hydroxylation is 1. The van der Waals surface area contributed by atoms with Crippen molar-refractivity contribution in [2.75, 3.05) is 0 Å². The molecule has 0 atom stereocenters. The second-order valence-electron chi connectivity index (χ2n) is 6.51. The summed E-state index contributed by atoms with van der Waals surface area (Å²) < 4.78 is 1.53. The van der Waals surface area contributed by atoms with Gasteiger partial charge in [-0.05, 0) is 0 Å². The van der Waals surface area contributed by atoms with Crippen LogP contribution in [-0.4, -0.2) is 27.3 Å².